The third kappa shape index (κ3) is 2.71. The minimum Gasteiger partial charge on any atom is -0.493 e. The van der Waals surface area contributed by atoms with Gasteiger partial charge in [-0.2, -0.15) is 0 Å². The Morgan fingerprint density at radius 1 is 1.37 bits per heavy atom. The number of hydrogen-bond donors (Lipinski definition) is 1. The van der Waals surface area contributed by atoms with Crippen LogP contribution in [0.2, 0.25) is 0 Å². The number of hydrogen-bond acceptors (Lipinski definition) is 4. The first-order valence-electron chi connectivity index (χ1n) is 6.13. The van der Waals surface area contributed by atoms with E-state index in [1.807, 2.05) is 20.0 Å². The summed E-state index contributed by atoms with van der Waals surface area (Å²) in [7, 11) is 3.42. The summed E-state index contributed by atoms with van der Waals surface area (Å²) < 4.78 is 12.5. The van der Waals surface area contributed by atoms with E-state index in [-0.39, 0.29) is 0 Å². The number of rotatable bonds is 5. The standard InChI is InChI=1S/C14H18N2O3/c1-4-19-11-6-5-10(9-12(11)18-3)13(17)14-15-7-8-16(14)2/h5-9,13,17H,4H2,1-3H3. The van der Waals surface area contributed by atoms with Gasteiger partial charge in [0.2, 0.25) is 0 Å². The van der Waals surface area contributed by atoms with Gasteiger partial charge in [-0.3, -0.25) is 0 Å². The average molecular weight is 262 g/mol. The quantitative estimate of drug-likeness (QED) is 0.894. The van der Waals surface area contributed by atoms with Gasteiger partial charge in [-0.25, -0.2) is 4.98 Å². The highest BCUT2D eigenvalue weighted by Gasteiger charge is 2.17. The molecule has 1 unspecified atom stereocenters. The molecule has 0 aliphatic heterocycles. The number of aliphatic hydroxyl groups excluding tert-OH is 1. The van der Waals surface area contributed by atoms with Crippen LogP contribution in [0.5, 0.6) is 11.5 Å². The van der Waals surface area contributed by atoms with E-state index in [1.165, 1.54) is 0 Å². The molecule has 102 valence electrons. The first-order valence-corrected chi connectivity index (χ1v) is 6.13. The molecule has 1 N–H and O–H groups in total. The normalized spacial score (nSPS) is 12.2. The SMILES string of the molecule is CCOc1ccc(C(O)c2nccn2C)cc1OC. The van der Waals surface area contributed by atoms with Crippen LogP contribution < -0.4 is 9.47 Å². The lowest BCUT2D eigenvalue weighted by atomic mass is 10.1. The summed E-state index contributed by atoms with van der Waals surface area (Å²) in [6.45, 7) is 2.48. The van der Waals surface area contributed by atoms with Gasteiger partial charge in [0.25, 0.3) is 0 Å². The van der Waals surface area contributed by atoms with Crippen LogP contribution in [0, 0.1) is 0 Å². The van der Waals surface area contributed by atoms with Gasteiger partial charge in [-0.15, -0.1) is 0 Å². The van der Waals surface area contributed by atoms with Crippen LogP contribution in [0.1, 0.15) is 24.4 Å². The Balaban J connectivity index is 2.33. The molecule has 1 aromatic carbocycles. The first kappa shape index (κ1) is 13.4. The molecule has 0 spiro atoms. The Morgan fingerprint density at radius 2 is 2.16 bits per heavy atom. The van der Waals surface area contributed by atoms with Crippen molar-refractivity contribution in [2.75, 3.05) is 13.7 Å². The molecule has 2 rings (SSSR count). The van der Waals surface area contributed by atoms with Crippen molar-refractivity contribution >= 4 is 0 Å². The van der Waals surface area contributed by atoms with E-state index in [9.17, 15) is 5.11 Å². The summed E-state index contributed by atoms with van der Waals surface area (Å²) in [6, 6.07) is 5.38. The van der Waals surface area contributed by atoms with Gasteiger partial charge in [0.05, 0.1) is 13.7 Å². The zero-order valence-electron chi connectivity index (χ0n) is 11.3. The van der Waals surface area contributed by atoms with Crippen LogP contribution in [-0.2, 0) is 7.05 Å². The van der Waals surface area contributed by atoms with Crippen LogP contribution in [-0.4, -0.2) is 28.4 Å². The number of ether oxygens (including phenoxy) is 2. The molecule has 19 heavy (non-hydrogen) atoms. The van der Waals surface area contributed by atoms with Crippen LogP contribution in [0.25, 0.3) is 0 Å². The lowest BCUT2D eigenvalue weighted by Crippen LogP contribution is -2.07. The predicted molar refractivity (Wildman–Crippen MR) is 71.4 cm³/mol. The zero-order valence-corrected chi connectivity index (χ0v) is 11.3. The molecule has 0 amide bonds. The van der Waals surface area contributed by atoms with Crippen LogP contribution >= 0.6 is 0 Å². The van der Waals surface area contributed by atoms with Gasteiger partial charge in [0.1, 0.15) is 11.9 Å². The highest BCUT2D eigenvalue weighted by Crippen LogP contribution is 2.31. The molecule has 5 heteroatoms. The van der Waals surface area contributed by atoms with Gasteiger partial charge in [0, 0.05) is 19.4 Å². The van der Waals surface area contributed by atoms with Crippen molar-refractivity contribution in [3.8, 4) is 11.5 Å². The summed E-state index contributed by atoms with van der Waals surface area (Å²) in [4.78, 5) is 4.15. The molecule has 1 aromatic heterocycles. The Hall–Kier alpha value is -2.01. The molecule has 0 saturated heterocycles. The first-order chi connectivity index (χ1) is 9.17. The fraction of sp³-hybridized carbons (Fsp3) is 0.357. The number of aliphatic hydroxyl groups is 1. The average Bonchev–Trinajstić information content (AvgIpc) is 2.85. The van der Waals surface area contributed by atoms with E-state index in [0.29, 0.717) is 23.9 Å². The lowest BCUT2D eigenvalue weighted by Gasteiger charge is -2.14. The fourth-order valence-corrected chi connectivity index (χ4v) is 1.92. The highest BCUT2D eigenvalue weighted by atomic mass is 16.5. The van der Waals surface area contributed by atoms with E-state index in [2.05, 4.69) is 4.98 Å². The second kappa shape index (κ2) is 5.75. The van der Waals surface area contributed by atoms with Crippen molar-refractivity contribution in [2.45, 2.75) is 13.0 Å². The fourth-order valence-electron chi connectivity index (χ4n) is 1.92. The molecule has 1 heterocycles. The molecule has 0 fully saturated rings. The van der Waals surface area contributed by atoms with Crippen LogP contribution in [0.4, 0.5) is 0 Å². The summed E-state index contributed by atoms with van der Waals surface area (Å²) >= 11 is 0. The summed E-state index contributed by atoms with van der Waals surface area (Å²) in [5.41, 5.74) is 0.717. The minimum atomic E-state index is -0.787. The van der Waals surface area contributed by atoms with Gasteiger partial charge in [-0.05, 0) is 24.6 Å². The zero-order chi connectivity index (χ0) is 13.8. The number of nitrogens with zero attached hydrogens (tertiary/aromatic N) is 2. The van der Waals surface area contributed by atoms with Crippen molar-refractivity contribution in [2.24, 2.45) is 7.05 Å². The highest BCUT2D eigenvalue weighted by molar-refractivity contribution is 5.44. The Kier molecular flexibility index (Phi) is 4.06. The maximum atomic E-state index is 10.3. The second-order valence-corrected chi connectivity index (χ2v) is 4.14. The van der Waals surface area contributed by atoms with E-state index >= 15 is 0 Å². The molecule has 2 aromatic rings. The molecule has 5 nitrogen and oxygen atoms in total. The van der Waals surface area contributed by atoms with Crippen molar-refractivity contribution in [3.05, 3.63) is 42.0 Å². The van der Waals surface area contributed by atoms with Gasteiger partial charge in [0.15, 0.2) is 11.5 Å². The van der Waals surface area contributed by atoms with Crippen LogP contribution in [0.3, 0.4) is 0 Å². The maximum Gasteiger partial charge on any atom is 0.161 e. The monoisotopic (exact) mass is 262 g/mol. The minimum absolute atomic E-state index is 0.567. The van der Waals surface area contributed by atoms with Crippen LogP contribution in [0.15, 0.2) is 30.6 Å². The van der Waals surface area contributed by atoms with Crippen molar-refractivity contribution in [1.29, 1.82) is 0 Å². The number of aromatic nitrogens is 2. The Bertz CT molecular complexity index is 551. The molecule has 0 radical (unpaired) electrons. The van der Waals surface area contributed by atoms with E-state index in [0.717, 1.165) is 5.56 Å². The van der Waals surface area contributed by atoms with Crippen molar-refractivity contribution in [3.63, 3.8) is 0 Å². The van der Waals surface area contributed by atoms with E-state index < -0.39 is 6.10 Å². The maximum absolute atomic E-state index is 10.3. The third-order valence-corrected chi connectivity index (χ3v) is 2.91. The molecule has 0 saturated carbocycles. The van der Waals surface area contributed by atoms with E-state index in [1.54, 1.807) is 36.2 Å². The second-order valence-electron chi connectivity index (χ2n) is 4.14. The summed E-state index contributed by atoms with van der Waals surface area (Å²) in [5.74, 6) is 1.86. The number of imidazole rings is 1. The lowest BCUT2D eigenvalue weighted by molar-refractivity contribution is 0.205. The number of benzene rings is 1. The molecular weight excluding hydrogens is 244 g/mol. The molecular formula is C14H18N2O3. The molecule has 0 bridgehead atoms. The molecule has 1 atom stereocenters. The number of aryl methyl sites for hydroxylation is 1. The van der Waals surface area contributed by atoms with Gasteiger partial charge >= 0.3 is 0 Å². The van der Waals surface area contributed by atoms with E-state index in [4.69, 9.17) is 9.47 Å². The topological polar surface area (TPSA) is 56.5 Å². The third-order valence-electron chi connectivity index (χ3n) is 2.91. The van der Waals surface area contributed by atoms with Crippen molar-refractivity contribution in [1.82, 2.24) is 9.55 Å². The van der Waals surface area contributed by atoms with Gasteiger partial charge in [-0.1, -0.05) is 6.07 Å². The Morgan fingerprint density at radius 3 is 2.74 bits per heavy atom. The summed E-state index contributed by atoms with van der Waals surface area (Å²) in [6.07, 6.45) is 2.67. The molecule has 0 aliphatic carbocycles. The smallest absolute Gasteiger partial charge is 0.161 e. The molecule has 0 aliphatic rings. The van der Waals surface area contributed by atoms with Gasteiger partial charge < -0.3 is 19.1 Å². The number of methoxy groups -OCH3 is 1. The predicted octanol–water partition coefficient (Wildman–Crippen LogP) is 1.91. The van der Waals surface area contributed by atoms with Crippen molar-refractivity contribution < 1.29 is 14.6 Å². The summed E-state index contributed by atoms with van der Waals surface area (Å²) in [5, 5.41) is 10.3. The Labute approximate surface area is 112 Å². The largest absolute Gasteiger partial charge is 0.493 e.